The lowest BCUT2D eigenvalue weighted by Gasteiger charge is -2.37. The minimum atomic E-state index is -1.14. The second kappa shape index (κ2) is 11.5. The number of rotatable bonds is 8. The van der Waals surface area contributed by atoms with Crippen molar-refractivity contribution < 1.29 is 28.2 Å². The van der Waals surface area contributed by atoms with Crippen molar-refractivity contribution in [2.24, 2.45) is 11.7 Å². The van der Waals surface area contributed by atoms with Crippen molar-refractivity contribution in [3.8, 4) is 17.2 Å². The van der Waals surface area contributed by atoms with Gasteiger partial charge < -0.3 is 20.5 Å². The van der Waals surface area contributed by atoms with Gasteiger partial charge in [-0.3, -0.25) is 9.59 Å². The van der Waals surface area contributed by atoms with Crippen molar-refractivity contribution in [1.29, 1.82) is 5.26 Å². The predicted molar refractivity (Wildman–Crippen MR) is 135 cm³/mol. The van der Waals surface area contributed by atoms with Crippen LogP contribution in [0.15, 0.2) is 42.5 Å². The molecule has 1 atom stereocenters. The third-order valence-electron chi connectivity index (χ3n) is 6.24. The molecule has 9 heteroatoms. The van der Waals surface area contributed by atoms with Crippen molar-refractivity contribution in [3.63, 3.8) is 0 Å². The van der Waals surface area contributed by atoms with E-state index in [0.717, 1.165) is 11.1 Å². The zero-order valence-electron chi connectivity index (χ0n) is 21.3. The molecule has 1 fully saturated rings. The number of hydrogen-bond donors (Lipinski definition) is 2. The first-order valence-corrected chi connectivity index (χ1v) is 12.1. The predicted octanol–water partition coefficient (Wildman–Crippen LogP) is 4.31. The minimum absolute atomic E-state index is 0.0339. The summed E-state index contributed by atoms with van der Waals surface area (Å²) in [4.78, 5) is 37.1. The van der Waals surface area contributed by atoms with Gasteiger partial charge in [0.25, 0.3) is 5.91 Å². The Labute approximate surface area is 215 Å². The molecule has 1 aliphatic heterocycles. The summed E-state index contributed by atoms with van der Waals surface area (Å²) in [6, 6.07) is 13.6. The molecule has 37 heavy (non-hydrogen) atoms. The van der Waals surface area contributed by atoms with Crippen LogP contribution in [0.25, 0.3) is 11.1 Å². The minimum Gasteiger partial charge on any atom is -0.444 e. The molecule has 2 amide bonds. The van der Waals surface area contributed by atoms with E-state index >= 15 is 0 Å². The number of benzene rings is 2. The van der Waals surface area contributed by atoms with Gasteiger partial charge >= 0.3 is 6.09 Å². The van der Waals surface area contributed by atoms with Gasteiger partial charge in [-0.05, 0) is 56.0 Å². The van der Waals surface area contributed by atoms with Crippen LogP contribution in [0, 0.1) is 23.1 Å². The van der Waals surface area contributed by atoms with Crippen molar-refractivity contribution in [1.82, 2.24) is 5.32 Å². The van der Waals surface area contributed by atoms with Crippen LogP contribution in [0.3, 0.4) is 0 Å². The molecule has 2 aromatic rings. The standard InChI is InChI=1S/C28H32FN3O5/c1-27(2,3)37-26(35)32-28(10-12-36-13-11-28)24(33)15-19(17-30)14-18-4-6-20(7-5-18)21-8-9-22(25(31)34)23(29)16-21/h4-9,16,19H,10-15H2,1-3H3,(H2,31,34)(H,32,35)/t19-/m1/s1. The summed E-state index contributed by atoms with van der Waals surface area (Å²) in [5, 5.41) is 12.5. The molecule has 3 N–H and O–H groups in total. The number of nitrogens with zero attached hydrogens (tertiary/aromatic N) is 1. The van der Waals surface area contributed by atoms with Gasteiger partial charge in [0.15, 0.2) is 5.78 Å². The van der Waals surface area contributed by atoms with E-state index in [0.29, 0.717) is 38.0 Å². The Morgan fingerprint density at radius 2 is 1.76 bits per heavy atom. The number of halogens is 1. The van der Waals surface area contributed by atoms with Crippen LogP contribution in [-0.2, 0) is 20.7 Å². The zero-order chi connectivity index (χ0) is 27.2. The fourth-order valence-electron chi connectivity index (χ4n) is 4.29. The summed E-state index contributed by atoms with van der Waals surface area (Å²) in [7, 11) is 0. The topological polar surface area (TPSA) is 132 Å². The number of nitrogens with one attached hydrogen (secondary N) is 1. The molecule has 8 nitrogen and oxygen atoms in total. The molecule has 0 spiro atoms. The van der Waals surface area contributed by atoms with E-state index in [1.807, 2.05) is 12.1 Å². The second-order valence-electron chi connectivity index (χ2n) is 10.2. The van der Waals surface area contributed by atoms with Crippen LogP contribution in [0.2, 0.25) is 0 Å². The van der Waals surface area contributed by atoms with E-state index in [9.17, 15) is 24.0 Å². The van der Waals surface area contributed by atoms with E-state index in [-0.39, 0.29) is 17.8 Å². The Morgan fingerprint density at radius 3 is 2.30 bits per heavy atom. The first-order valence-electron chi connectivity index (χ1n) is 12.1. The van der Waals surface area contributed by atoms with Gasteiger partial charge in [0.05, 0.1) is 17.6 Å². The quantitative estimate of drug-likeness (QED) is 0.545. The van der Waals surface area contributed by atoms with Crippen LogP contribution in [-0.4, -0.2) is 42.1 Å². The first-order chi connectivity index (χ1) is 17.4. The highest BCUT2D eigenvalue weighted by Crippen LogP contribution is 2.28. The number of nitriles is 1. The van der Waals surface area contributed by atoms with Gasteiger partial charge in [-0.15, -0.1) is 0 Å². The summed E-state index contributed by atoms with van der Waals surface area (Å²) in [5.74, 6) is -2.36. The maximum Gasteiger partial charge on any atom is 0.408 e. The van der Waals surface area contributed by atoms with Crippen LogP contribution in [0.5, 0.6) is 0 Å². The maximum atomic E-state index is 14.1. The summed E-state index contributed by atoms with van der Waals surface area (Å²) >= 11 is 0. The number of primary amides is 1. The van der Waals surface area contributed by atoms with Gasteiger partial charge in [-0.2, -0.15) is 5.26 Å². The molecule has 0 saturated carbocycles. The molecule has 0 bridgehead atoms. The fourth-order valence-corrected chi connectivity index (χ4v) is 4.29. The van der Waals surface area contributed by atoms with Gasteiger partial charge in [0.1, 0.15) is 17.0 Å². The number of carbonyl (C=O) groups is 3. The Bertz CT molecular complexity index is 1190. The zero-order valence-corrected chi connectivity index (χ0v) is 21.3. The molecular formula is C28H32FN3O5. The van der Waals surface area contributed by atoms with Crippen molar-refractivity contribution in [2.45, 2.75) is 57.6 Å². The summed E-state index contributed by atoms with van der Waals surface area (Å²) in [5.41, 5.74) is 5.27. The van der Waals surface area contributed by atoms with E-state index in [4.69, 9.17) is 15.2 Å². The molecule has 0 aliphatic carbocycles. The van der Waals surface area contributed by atoms with Crippen LogP contribution < -0.4 is 11.1 Å². The Morgan fingerprint density at radius 1 is 1.14 bits per heavy atom. The summed E-state index contributed by atoms with van der Waals surface area (Å²) in [6.45, 7) is 5.88. The number of alkyl carbamates (subject to hydrolysis) is 1. The Hall–Kier alpha value is -3.77. The van der Waals surface area contributed by atoms with E-state index < -0.39 is 34.9 Å². The Balaban J connectivity index is 1.69. The van der Waals surface area contributed by atoms with E-state index in [1.54, 1.807) is 39.0 Å². The van der Waals surface area contributed by atoms with Crippen LogP contribution >= 0.6 is 0 Å². The largest absolute Gasteiger partial charge is 0.444 e. The lowest BCUT2D eigenvalue weighted by atomic mass is 9.80. The lowest BCUT2D eigenvalue weighted by Crippen LogP contribution is -2.58. The monoisotopic (exact) mass is 509 g/mol. The van der Waals surface area contributed by atoms with Gasteiger partial charge in [-0.25, -0.2) is 9.18 Å². The molecule has 196 valence electrons. The Kier molecular flexibility index (Phi) is 8.66. The second-order valence-corrected chi connectivity index (χ2v) is 10.2. The number of carbonyl (C=O) groups excluding carboxylic acids is 3. The van der Waals surface area contributed by atoms with Crippen LogP contribution in [0.4, 0.5) is 9.18 Å². The number of nitrogens with two attached hydrogens (primary N) is 1. The number of Topliss-reactive ketones (excluding diaryl/α,β-unsaturated/α-hetero) is 1. The van der Waals surface area contributed by atoms with Crippen molar-refractivity contribution in [3.05, 3.63) is 59.4 Å². The van der Waals surface area contributed by atoms with Gasteiger partial charge in [-0.1, -0.05) is 30.3 Å². The maximum absolute atomic E-state index is 14.1. The molecule has 0 aromatic heterocycles. The molecule has 1 aliphatic rings. The van der Waals surface area contributed by atoms with Crippen LogP contribution in [0.1, 0.15) is 56.0 Å². The molecule has 2 aromatic carbocycles. The van der Waals surface area contributed by atoms with E-state index in [2.05, 4.69) is 11.4 Å². The number of amides is 2. The fraction of sp³-hybridized carbons (Fsp3) is 0.429. The number of hydrogen-bond acceptors (Lipinski definition) is 6. The summed E-state index contributed by atoms with van der Waals surface area (Å²) < 4.78 is 24.9. The van der Waals surface area contributed by atoms with Crippen molar-refractivity contribution in [2.75, 3.05) is 13.2 Å². The van der Waals surface area contributed by atoms with Gasteiger partial charge in [0, 0.05) is 32.5 Å². The molecule has 1 heterocycles. The van der Waals surface area contributed by atoms with E-state index in [1.165, 1.54) is 12.1 Å². The average molecular weight is 510 g/mol. The highest BCUT2D eigenvalue weighted by atomic mass is 19.1. The molecular weight excluding hydrogens is 477 g/mol. The summed E-state index contributed by atoms with van der Waals surface area (Å²) in [6.07, 6.45) is 0.239. The first kappa shape index (κ1) is 27.8. The third-order valence-corrected chi connectivity index (χ3v) is 6.24. The number of ether oxygens (including phenoxy) is 2. The van der Waals surface area contributed by atoms with Gasteiger partial charge in [0.2, 0.25) is 0 Å². The highest BCUT2D eigenvalue weighted by molar-refractivity contribution is 5.93. The average Bonchev–Trinajstić information content (AvgIpc) is 2.83. The highest BCUT2D eigenvalue weighted by Gasteiger charge is 2.42. The van der Waals surface area contributed by atoms with Crippen molar-refractivity contribution >= 4 is 17.8 Å². The SMILES string of the molecule is CC(C)(C)OC(=O)NC1(C(=O)C[C@H](C#N)Cc2ccc(-c3ccc(C(N)=O)c(F)c3)cc2)CCOCC1. The smallest absolute Gasteiger partial charge is 0.408 e. The lowest BCUT2D eigenvalue weighted by molar-refractivity contribution is -0.130. The molecule has 0 radical (unpaired) electrons. The third kappa shape index (κ3) is 7.37. The molecule has 0 unspecified atom stereocenters. The number of ketones is 1. The normalized spacial score (nSPS) is 15.8. The molecule has 1 saturated heterocycles. The molecule has 3 rings (SSSR count).